The SMILES string of the molecule is CCCn1ccnc1C(NCC)C(C)(C)S(C)(=O)=O. The van der Waals surface area contributed by atoms with Gasteiger partial charge in [0.2, 0.25) is 0 Å². The Bertz CT molecular complexity index is 506. The van der Waals surface area contributed by atoms with E-state index in [-0.39, 0.29) is 6.04 Å². The maximum absolute atomic E-state index is 12.1. The minimum absolute atomic E-state index is 0.311. The van der Waals surface area contributed by atoms with Gasteiger partial charge in [0.1, 0.15) is 5.82 Å². The first-order valence-corrected chi connectivity index (χ1v) is 8.58. The average molecular weight is 287 g/mol. The fraction of sp³-hybridized carbons (Fsp3) is 0.769. The number of aryl methyl sites for hydroxylation is 1. The molecule has 0 aliphatic heterocycles. The molecule has 19 heavy (non-hydrogen) atoms. The molecule has 0 radical (unpaired) electrons. The first-order valence-electron chi connectivity index (χ1n) is 6.69. The highest BCUT2D eigenvalue weighted by Gasteiger charge is 2.41. The molecule has 1 aromatic rings. The smallest absolute Gasteiger partial charge is 0.154 e. The summed E-state index contributed by atoms with van der Waals surface area (Å²) in [6.07, 6.45) is 5.90. The summed E-state index contributed by atoms with van der Waals surface area (Å²) < 4.78 is 25.2. The number of imidazole rings is 1. The highest BCUT2D eigenvalue weighted by atomic mass is 32.2. The lowest BCUT2D eigenvalue weighted by Gasteiger charge is -2.33. The molecule has 0 saturated carbocycles. The van der Waals surface area contributed by atoms with Gasteiger partial charge in [-0.15, -0.1) is 0 Å². The van der Waals surface area contributed by atoms with Crippen molar-refractivity contribution in [1.29, 1.82) is 0 Å². The van der Waals surface area contributed by atoms with Gasteiger partial charge in [0.05, 0.1) is 10.8 Å². The zero-order chi connectivity index (χ0) is 14.7. The maximum atomic E-state index is 12.1. The summed E-state index contributed by atoms with van der Waals surface area (Å²) in [6.45, 7) is 9.10. The van der Waals surface area contributed by atoms with Crippen LogP contribution in [0.15, 0.2) is 12.4 Å². The lowest BCUT2D eigenvalue weighted by atomic mass is 10.0. The van der Waals surface area contributed by atoms with Crippen molar-refractivity contribution in [3.05, 3.63) is 18.2 Å². The predicted octanol–water partition coefficient (Wildman–Crippen LogP) is 1.77. The van der Waals surface area contributed by atoms with Gasteiger partial charge in [-0.2, -0.15) is 0 Å². The summed E-state index contributed by atoms with van der Waals surface area (Å²) in [5.74, 6) is 0.791. The number of nitrogens with zero attached hydrogens (tertiary/aromatic N) is 2. The van der Waals surface area contributed by atoms with Crippen LogP contribution in [0.1, 0.15) is 46.0 Å². The second-order valence-electron chi connectivity index (χ2n) is 5.35. The Morgan fingerprint density at radius 1 is 1.42 bits per heavy atom. The van der Waals surface area contributed by atoms with Crippen LogP contribution in [0.4, 0.5) is 0 Å². The molecule has 1 N–H and O–H groups in total. The number of nitrogens with one attached hydrogen (secondary N) is 1. The Morgan fingerprint density at radius 2 is 2.05 bits per heavy atom. The van der Waals surface area contributed by atoms with Crippen molar-refractivity contribution in [1.82, 2.24) is 14.9 Å². The van der Waals surface area contributed by atoms with E-state index in [4.69, 9.17) is 0 Å². The number of hydrogen-bond donors (Lipinski definition) is 1. The molecule has 0 amide bonds. The normalized spacial score (nSPS) is 14.6. The molecular weight excluding hydrogens is 262 g/mol. The Labute approximate surface area is 116 Å². The minimum Gasteiger partial charge on any atom is -0.334 e. The van der Waals surface area contributed by atoms with Crippen molar-refractivity contribution in [2.75, 3.05) is 12.8 Å². The summed E-state index contributed by atoms with van der Waals surface area (Å²) in [7, 11) is -3.20. The minimum atomic E-state index is -3.20. The molecule has 0 aliphatic carbocycles. The van der Waals surface area contributed by atoms with Crippen LogP contribution in [0.2, 0.25) is 0 Å². The zero-order valence-corrected chi connectivity index (χ0v) is 13.3. The molecule has 1 unspecified atom stereocenters. The molecule has 1 aromatic heterocycles. The molecule has 1 rings (SSSR count). The number of hydrogen-bond acceptors (Lipinski definition) is 4. The first kappa shape index (κ1) is 16.2. The van der Waals surface area contributed by atoms with Gasteiger partial charge in [0.25, 0.3) is 0 Å². The van der Waals surface area contributed by atoms with Crippen molar-refractivity contribution in [3.8, 4) is 0 Å². The number of sulfone groups is 1. The third-order valence-electron chi connectivity index (χ3n) is 3.53. The van der Waals surface area contributed by atoms with Crippen LogP contribution in [0.3, 0.4) is 0 Å². The van der Waals surface area contributed by atoms with E-state index < -0.39 is 14.6 Å². The molecule has 1 heterocycles. The Morgan fingerprint density at radius 3 is 2.53 bits per heavy atom. The third-order valence-corrected chi connectivity index (χ3v) is 5.68. The van der Waals surface area contributed by atoms with Gasteiger partial charge in [0, 0.05) is 25.2 Å². The average Bonchev–Trinajstić information content (AvgIpc) is 2.72. The number of rotatable bonds is 7. The Hall–Kier alpha value is -0.880. The van der Waals surface area contributed by atoms with Gasteiger partial charge < -0.3 is 9.88 Å². The molecule has 0 saturated heterocycles. The van der Waals surface area contributed by atoms with E-state index in [0.717, 1.165) is 18.8 Å². The molecule has 110 valence electrons. The van der Waals surface area contributed by atoms with Crippen LogP contribution in [0.5, 0.6) is 0 Å². The van der Waals surface area contributed by atoms with E-state index in [9.17, 15) is 8.42 Å². The zero-order valence-electron chi connectivity index (χ0n) is 12.5. The maximum Gasteiger partial charge on any atom is 0.154 e. The quantitative estimate of drug-likeness (QED) is 0.830. The highest BCUT2D eigenvalue weighted by molar-refractivity contribution is 7.92. The number of aromatic nitrogens is 2. The molecule has 0 bridgehead atoms. The Kier molecular flexibility index (Phi) is 5.15. The van der Waals surface area contributed by atoms with Crippen LogP contribution >= 0.6 is 0 Å². The second-order valence-corrected chi connectivity index (χ2v) is 7.94. The summed E-state index contributed by atoms with van der Waals surface area (Å²) in [4.78, 5) is 4.37. The van der Waals surface area contributed by atoms with E-state index in [0.29, 0.717) is 6.54 Å². The van der Waals surface area contributed by atoms with E-state index in [1.807, 2.05) is 17.7 Å². The molecule has 5 nitrogen and oxygen atoms in total. The topological polar surface area (TPSA) is 64.0 Å². The van der Waals surface area contributed by atoms with Crippen LogP contribution in [-0.4, -0.2) is 35.5 Å². The lowest BCUT2D eigenvalue weighted by molar-refractivity contribution is 0.397. The van der Waals surface area contributed by atoms with E-state index in [2.05, 4.69) is 17.2 Å². The lowest BCUT2D eigenvalue weighted by Crippen LogP contribution is -2.46. The van der Waals surface area contributed by atoms with Gasteiger partial charge in [0.15, 0.2) is 9.84 Å². The largest absolute Gasteiger partial charge is 0.334 e. The van der Waals surface area contributed by atoms with Gasteiger partial charge in [-0.25, -0.2) is 13.4 Å². The van der Waals surface area contributed by atoms with E-state index in [1.165, 1.54) is 6.26 Å². The van der Waals surface area contributed by atoms with Crippen LogP contribution in [0, 0.1) is 0 Å². The molecule has 0 aromatic carbocycles. The van der Waals surface area contributed by atoms with Crippen LogP contribution in [0.25, 0.3) is 0 Å². The summed E-state index contributed by atoms with van der Waals surface area (Å²) in [5, 5.41) is 3.27. The van der Waals surface area contributed by atoms with E-state index in [1.54, 1.807) is 20.0 Å². The molecule has 0 aliphatic rings. The highest BCUT2D eigenvalue weighted by Crippen LogP contribution is 2.31. The molecule has 1 atom stereocenters. The van der Waals surface area contributed by atoms with Crippen LogP contribution in [-0.2, 0) is 16.4 Å². The Balaban J connectivity index is 3.24. The first-order chi connectivity index (χ1) is 8.75. The van der Waals surface area contributed by atoms with Crippen molar-refractivity contribution in [2.45, 2.75) is 51.4 Å². The summed E-state index contributed by atoms with van der Waals surface area (Å²) in [5.41, 5.74) is 0. The van der Waals surface area contributed by atoms with E-state index >= 15 is 0 Å². The summed E-state index contributed by atoms with van der Waals surface area (Å²) >= 11 is 0. The monoisotopic (exact) mass is 287 g/mol. The fourth-order valence-corrected chi connectivity index (χ4v) is 2.69. The molecule has 0 spiro atoms. The standard InChI is InChI=1S/C13H25N3O2S/c1-6-9-16-10-8-15-12(16)11(14-7-2)13(3,4)19(5,17)18/h8,10-11,14H,6-7,9H2,1-5H3. The van der Waals surface area contributed by atoms with Crippen LogP contribution < -0.4 is 5.32 Å². The van der Waals surface area contributed by atoms with Gasteiger partial charge in [-0.1, -0.05) is 13.8 Å². The van der Waals surface area contributed by atoms with Gasteiger partial charge in [-0.3, -0.25) is 0 Å². The summed E-state index contributed by atoms with van der Waals surface area (Å²) in [6, 6.07) is -0.311. The van der Waals surface area contributed by atoms with Gasteiger partial charge in [-0.05, 0) is 26.8 Å². The third kappa shape index (κ3) is 3.36. The van der Waals surface area contributed by atoms with Crippen molar-refractivity contribution in [3.63, 3.8) is 0 Å². The molecular formula is C13H25N3O2S. The van der Waals surface area contributed by atoms with Gasteiger partial charge >= 0.3 is 0 Å². The van der Waals surface area contributed by atoms with Crippen molar-refractivity contribution >= 4 is 9.84 Å². The van der Waals surface area contributed by atoms with Crippen molar-refractivity contribution < 1.29 is 8.42 Å². The van der Waals surface area contributed by atoms with Crippen molar-refractivity contribution in [2.24, 2.45) is 0 Å². The second kappa shape index (κ2) is 6.05. The fourth-order valence-electron chi connectivity index (χ4n) is 2.08. The molecule has 0 fully saturated rings. The predicted molar refractivity (Wildman–Crippen MR) is 77.9 cm³/mol. The molecule has 6 heteroatoms.